The molecule has 4 rings (SSSR count). The average Bonchev–Trinajstić information content (AvgIpc) is 3.29. The summed E-state index contributed by atoms with van der Waals surface area (Å²) < 4.78 is 1.88. The number of benzene rings is 1. The molecule has 25 heavy (non-hydrogen) atoms. The van der Waals surface area contributed by atoms with Crippen LogP contribution in [0.4, 0.5) is 5.82 Å². The number of hydrazine groups is 1. The second kappa shape index (κ2) is 6.33. The normalized spacial score (nSPS) is 24.7. The highest BCUT2D eigenvalue weighted by molar-refractivity contribution is 5.96. The highest BCUT2D eigenvalue weighted by Crippen LogP contribution is 2.29. The molecule has 1 aromatic carbocycles. The first-order valence-corrected chi connectivity index (χ1v) is 8.57. The van der Waals surface area contributed by atoms with E-state index in [1.165, 1.54) is 5.56 Å². The van der Waals surface area contributed by atoms with Gasteiger partial charge in [0, 0.05) is 25.6 Å². The first kappa shape index (κ1) is 15.8. The van der Waals surface area contributed by atoms with Crippen LogP contribution in [0.5, 0.6) is 0 Å². The number of aromatic nitrogens is 2. The van der Waals surface area contributed by atoms with E-state index in [-0.39, 0.29) is 24.0 Å². The van der Waals surface area contributed by atoms with E-state index in [1.807, 2.05) is 34.0 Å². The molecule has 0 saturated heterocycles. The predicted molar refractivity (Wildman–Crippen MR) is 96.2 cm³/mol. The molecule has 1 amide bonds. The standard InChI is InChI=1S/C18H22N6O/c1-13(14-6-4-3-5-7-14)17-19-12-21-24(17)15-9-11-23-16(8-10-20-23)22(2)18(15)25/h3-8,10,12-13,15,17H,9,11H2,1-2H3,(H,19,21). The molecule has 3 unspecified atom stereocenters. The molecule has 1 N–H and O–H groups in total. The molecule has 1 aromatic heterocycles. The van der Waals surface area contributed by atoms with Crippen LogP contribution in [0.1, 0.15) is 24.8 Å². The van der Waals surface area contributed by atoms with Gasteiger partial charge in [0.05, 0.1) is 12.5 Å². The summed E-state index contributed by atoms with van der Waals surface area (Å²) in [5.41, 5.74) is 4.40. The Morgan fingerprint density at radius 1 is 1.24 bits per heavy atom. The zero-order valence-corrected chi connectivity index (χ0v) is 14.4. The molecule has 0 fully saturated rings. The third kappa shape index (κ3) is 2.70. The minimum atomic E-state index is -0.287. The van der Waals surface area contributed by atoms with E-state index in [2.05, 4.69) is 34.6 Å². The minimum Gasteiger partial charge on any atom is -0.307 e. The Balaban J connectivity index is 1.58. The number of carbonyl (C=O) groups excluding carboxylic acids is 1. The molecule has 3 heterocycles. The summed E-state index contributed by atoms with van der Waals surface area (Å²) in [4.78, 5) is 19.3. The van der Waals surface area contributed by atoms with Crippen LogP contribution in [0.3, 0.4) is 0 Å². The number of aliphatic imine (C=N–C) groups is 1. The van der Waals surface area contributed by atoms with Gasteiger partial charge in [-0.05, 0) is 12.0 Å². The molecule has 2 aliphatic rings. The number of fused-ring (bicyclic) bond motifs is 1. The Kier molecular flexibility index (Phi) is 4.01. The van der Waals surface area contributed by atoms with Gasteiger partial charge in [0.15, 0.2) is 0 Å². The van der Waals surface area contributed by atoms with E-state index < -0.39 is 0 Å². The van der Waals surface area contributed by atoms with Gasteiger partial charge in [-0.2, -0.15) is 10.1 Å². The first-order chi connectivity index (χ1) is 12.2. The maximum atomic E-state index is 13.0. The summed E-state index contributed by atoms with van der Waals surface area (Å²) in [5, 5.41) is 6.31. The third-order valence-electron chi connectivity index (χ3n) is 5.10. The van der Waals surface area contributed by atoms with E-state index >= 15 is 0 Å². The number of carbonyl (C=O) groups is 1. The lowest BCUT2D eigenvalue weighted by atomic mass is 9.97. The van der Waals surface area contributed by atoms with Crippen LogP contribution in [0.2, 0.25) is 0 Å². The zero-order valence-electron chi connectivity index (χ0n) is 14.4. The highest BCUT2D eigenvalue weighted by atomic mass is 16.2. The molecule has 130 valence electrons. The number of aryl methyl sites for hydroxylation is 1. The average molecular weight is 338 g/mol. The van der Waals surface area contributed by atoms with E-state index in [4.69, 9.17) is 0 Å². The summed E-state index contributed by atoms with van der Waals surface area (Å²) in [6.07, 6.45) is 4.00. The fraction of sp³-hybridized carbons (Fsp3) is 0.389. The maximum absolute atomic E-state index is 13.0. The maximum Gasteiger partial charge on any atom is 0.247 e. The van der Waals surface area contributed by atoms with Gasteiger partial charge in [0.1, 0.15) is 18.0 Å². The molecule has 2 aromatic rings. The molecule has 7 heteroatoms. The Hall–Kier alpha value is -2.67. The second-order valence-corrected chi connectivity index (χ2v) is 6.54. The van der Waals surface area contributed by atoms with Crippen LogP contribution in [-0.2, 0) is 11.3 Å². The molecule has 7 nitrogen and oxygen atoms in total. The second-order valence-electron chi connectivity index (χ2n) is 6.54. The van der Waals surface area contributed by atoms with Crippen LogP contribution < -0.4 is 10.3 Å². The fourth-order valence-corrected chi connectivity index (χ4v) is 3.64. The number of nitrogens with one attached hydrogen (secondary N) is 1. The van der Waals surface area contributed by atoms with Crippen molar-refractivity contribution in [3.05, 3.63) is 48.2 Å². The molecule has 0 spiro atoms. The molecule has 3 atom stereocenters. The van der Waals surface area contributed by atoms with Gasteiger partial charge in [-0.1, -0.05) is 37.3 Å². The minimum absolute atomic E-state index is 0.0579. The lowest BCUT2D eigenvalue weighted by Gasteiger charge is -2.34. The van der Waals surface area contributed by atoms with Gasteiger partial charge in [-0.3, -0.25) is 14.7 Å². The van der Waals surface area contributed by atoms with Crippen molar-refractivity contribution in [2.45, 2.75) is 38.0 Å². The molecule has 0 radical (unpaired) electrons. The van der Waals surface area contributed by atoms with Crippen molar-refractivity contribution in [3.8, 4) is 0 Å². The van der Waals surface area contributed by atoms with Crippen molar-refractivity contribution in [3.63, 3.8) is 0 Å². The van der Waals surface area contributed by atoms with Gasteiger partial charge < -0.3 is 5.43 Å². The number of hydrogen-bond donors (Lipinski definition) is 1. The molecule has 2 aliphatic heterocycles. The van der Waals surface area contributed by atoms with Gasteiger partial charge in [-0.25, -0.2) is 4.68 Å². The van der Waals surface area contributed by atoms with Crippen molar-refractivity contribution in [1.82, 2.24) is 20.2 Å². The molecular weight excluding hydrogens is 316 g/mol. The van der Waals surface area contributed by atoms with Crippen LogP contribution >= 0.6 is 0 Å². The van der Waals surface area contributed by atoms with E-state index in [0.29, 0.717) is 13.0 Å². The Morgan fingerprint density at radius 3 is 2.84 bits per heavy atom. The quantitative estimate of drug-likeness (QED) is 0.923. The van der Waals surface area contributed by atoms with Crippen LogP contribution in [-0.4, -0.2) is 46.3 Å². The van der Waals surface area contributed by atoms with Crippen molar-refractivity contribution < 1.29 is 4.79 Å². The highest BCUT2D eigenvalue weighted by Gasteiger charge is 2.39. The Bertz CT molecular complexity index is 786. The predicted octanol–water partition coefficient (Wildman–Crippen LogP) is 1.60. The lowest BCUT2D eigenvalue weighted by molar-refractivity contribution is -0.125. The molecule has 0 aliphatic carbocycles. The number of nitrogens with zero attached hydrogens (tertiary/aromatic N) is 5. The summed E-state index contributed by atoms with van der Waals surface area (Å²) in [5.74, 6) is 1.06. The van der Waals surface area contributed by atoms with Crippen molar-refractivity contribution in [1.29, 1.82) is 0 Å². The van der Waals surface area contributed by atoms with Gasteiger partial charge in [0.25, 0.3) is 0 Å². The molecule has 0 saturated carbocycles. The Labute approximate surface area is 146 Å². The van der Waals surface area contributed by atoms with Crippen molar-refractivity contribution in [2.75, 3.05) is 11.9 Å². The number of likely N-dealkylation sites (N-methyl/N-ethyl adjacent to an activating group) is 1. The summed E-state index contributed by atoms with van der Waals surface area (Å²) in [7, 11) is 1.81. The molecular formula is C18H22N6O. The van der Waals surface area contributed by atoms with E-state index in [1.54, 1.807) is 24.5 Å². The largest absolute Gasteiger partial charge is 0.307 e. The SMILES string of the molecule is CC(c1ccccc1)C1N=CNN1C1CCn2nccc2N(C)C1=O. The number of anilines is 1. The van der Waals surface area contributed by atoms with Crippen molar-refractivity contribution in [2.24, 2.45) is 4.99 Å². The van der Waals surface area contributed by atoms with Crippen molar-refractivity contribution >= 4 is 18.1 Å². The fourth-order valence-electron chi connectivity index (χ4n) is 3.64. The Morgan fingerprint density at radius 2 is 2.04 bits per heavy atom. The smallest absolute Gasteiger partial charge is 0.247 e. The van der Waals surface area contributed by atoms with Gasteiger partial charge in [0.2, 0.25) is 5.91 Å². The number of rotatable bonds is 3. The van der Waals surface area contributed by atoms with Crippen LogP contribution in [0.15, 0.2) is 47.6 Å². The molecule has 0 bridgehead atoms. The van der Waals surface area contributed by atoms with Gasteiger partial charge >= 0.3 is 0 Å². The van der Waals surface area contributed by atoms with Crippen LogP contribution in [0.25, 0.3) is 0 Å². The van der Waals surface area contributed by atoms with E-state index in [9.17, 15) is 4.79 Å². The number of hydrogen-bond acceptors (Lipinski definition) is 5. The summed E-state index contributed by atoms with van der Waals surface area (Å²) >= 11 is 0. The van der Waals surface area contributed by atoms with Gasteiger partial charge in [-0.15, -0.1) is 0 Å². The summed E-state index contributed by atoms with van der Waals surface area (Å²) in [6, 6.07) is 11.9. The lowest BCUT2D eigenvalue weighted by Crippen LogP contribution is -2.54. The number of amides is 1. The topological polar surface area (TPSA) is 65.8 Å². The van der Waals surface area contributed by atoms with E-state index in [0.717, 1.165) is 5.82 Å². The first-order valence-electron chi connectivity index (χ1n) is 8.57. The third-order valence-corrected chi connectivity index (χ3v) is 5.10. The summed E-state index contributed by atoms with van der Waals surface area (Å²) in [6.45, 7) is 2.85. The van der Waals surface area contributed by atoms with Crippen LogP contribution in [0, 0.1) is 0 Å². The zero-order chi connectivity index (χ0) is 17.4. The monoisotopic (exact) mass is 338 g/mol.